The van der Waals surface area contributed by atoms with Crippen LogP contribution >= 0.6 is 0 Å². The van der Waals surface area contributed by atoms with E-state index in [9.17, 15) is 0 Å². The average Bonchev–Trinajstić information content (AvgIpc) is 3.23. The van der Waals surface area contributed by atoms with E-state index in [1.807, 2.05) is 0 Å². The third kappa shape index (κ3) is 2.53. The van der Waals surface area contributed by atoms with Crippen molar-refractivity contribution in [2.75, 3.05) is 13.1 Å². The average molecular weight is 231 g/mol. The number of ether oxygens (including phenoxy) is 1. The highest BCUT2D eigenvalue weighted by molar-refractivity contribution is 5.24. The first kappa shape index (κ1) is 11.2. The first-order chi connectivity index (χ1) is 8.36. The Morgan fingerprint density at radius 3 is 2.59 bits per heavy atom. The maximum atomic E-state index is 6.21. The van der Waals surface area contributed by atoms with Crippen LogP contribution in [0.25, 0.3) is 0 Å². The van der Waals surface area contributed by atoms with Gasteiger partial charge in [0.25, 0.3) is 0 Å². The van der Waals surface area contributed by atoms with Crippen LogP contribution in [0.2, 0.25) is 0 Å². The smallest absolute Gasteiger partial charge is 0.0953 e. The van der Waals surface area contributed by atoms with E-state index in [0.29, 0.717) is 6.10 Å². The van der Waals surface area contributed by atoms with E-state index in [-0.39, 0.29) is 6.10 Å². The third-order valence-corrected chi connectivity index (χ3v) is 3.92. The Hall–Kier alpha value is -0.860. The highest BCUT2D eigenvalue weighted by Gasteiger charge is 2.35. The molecule has 2 unspecified atom stereocenters. The molecule has 1 aromatic rings. The van der Waals surface area contributed by atoms with Crippen molar-refractivity contribution in [3.63, 3.8) is 0 Å². The minimum Gasteiger partial charge on any atom is -0.367 e. The quantitative estimate of drug-likeness (QED) is 0.863. The molecule has 0 bridgehead atoms. The number of nitrogens with one attached hydrogen (secondary N) is 1. The van der Waals surface area contributed by atoms with Crippen LogP contribution in [0.4, 0.5) is 0 Å². The van der Waals surface area contributed by atoms with Crippen LogP contribution in [-0.4, -0.2) is 19.2 Å². The Morgan fingerprint density at radius 1 is 1.18 bits per heavy atom. The van der Waals surface area contributed by atoms with Crippen LogP contribution in [0.1, 0.15) is 37.0 Å². The molecule has 1 aliphatic carbocycles. The number of morpholine rings is 1. The van der Waals surface area contributed by atoms with Crippen molar-refractivity contribution in [2.45, 2.75) is 38.4 Å². The van der Waals surface area contributed by atoms with Crippen molar-refractivity contribution in [3.05, 3.63) is 35.4 Å². The fourth-order valence-electron chi connectivity index (χ4n) is 2.57. The normalized spacial score (nSPS) is 29.2. The Morgan fingerprint density at radius 2 is 1.94 bits per heavy atom. The van der Waals surface area contributed by atoms with E-state index in [1.165, 1.54) is 24.0 Å². The van der Waals surface area contributed by atoms with E-state index in [1.54, 1.807) is 0 Å². The Labute approximate surface area is 103 Å². The lowest BCUT2D eigenvalue weighted by Crippen LogP contribution is -2.41. The Kier molecular flexibility index (Phi) is 3.17. The summed E-state index contributed by atoms with van der Waals surface area (Å²) < 4.78 is 6.21. The van der Waals surface area contributed by atoms with Gasteiger partial charge in [-0.05, 0) is 36.3 Å². The summed E-state index contributed by atoms with van der Waals surface area (Å²) in [6.07, 6.45) is 4.51. The highest BCUT2D eigenvalue weighted by atomic mass is 16.5. The molecular formula is C15H21NO. The molecule has 1 aliphatic heterocycles. The first-order valence-electron chi connectivity index (χ1n) is 6.82. The van der Waals surface area contributed by atoms with Crippen molar-refractivity contribution >= 4 is 0 Å². The zero-order valence-corrected chi connectivity index (χ0v) is 10.5. The lowest BCUT2D eigenvalue weighted by molar-refractivity contribution is -0.0493. The standard InChI is InChI=1S/C15H21NO/c1-2-11-3-5-12(6-4-11)14-9-16-10-15(17-14)13-7-8-13/h3-6,13-16H,2,7-10H2,1H3. The molecule has 1 saturated carbocycles. The lowest BCUT2D eigenvalue weighted by atomic mass is 10.0. The maximum absolute atomic E-state index is 6.21. The van der Waals surface area contributed by atoms with Crippen LogP contribution in [0.3, 0.4) is 0 Å². The Bertz CT molecular complexity index is 369. The number of hydrogen-bond acceptors (Lipinski definition) is 2. The number of rotatable bonds is 3. The van der Waals surface area contributed by atoms with E-state index >= 15 is 0 Å². The molecule has 3 rings (SSSR count). The van der Waals surface area contributed by atoms with Gasteiger partial charge >= 0.3 is 0 Å². The summed E-state index contributed by atoms with van der Waals surface area (Å²) in [7, 11) is 0. The van der Waals surface area contributed by atoms with E-state index < -0.39 is 0 Å². The molecule has 17 heavy (non-hydrogen) atoms. The summed E-state index contributed by atoms with van der Waals surface area (Å²) in [6.45, 7) is 4.18. The van der Waals surface area contributed by atoms with Gasteiger partial charge in [-0.3, -0.25) is 0 Å². The first-order valence-corrected chi connectivity index (χ1v) is 6.82. The van der Waals surface area contributed by atoms with Gasteiger partial charge in [-0.1, -0.05) is 31.2 Å². The topological polar surface area (TPSA) is 21.3 Å². The summed E-state index contributed by atoms with van der Waals surface area (Å²) in [5.41, 5.74) is 2.72. The zero-order chi connectivity index (χ0) is 11.7. The minimum absolute atomic E-state index is 0.250. The van der Waals surface area contributed by atoms with Gasteiger partial charge in [0.15, 0.2) is 0 Å². The largest absolute Gasteiger partial charge is 0.367 e. The van der Waals surface area contributed by atoms with Gasteiger partial charge in [0.1, 0.15) is 0 Å². The SMILES string of the molecule is CCc1ccc(C2CNCC(C3CC3)O2)cc1. The molecule has 0 spiro atoms. The molecule has 1 N–H and O–H groups in total. The summed E-state index contributed by atoms with van der Waals surface area (Å²) >= 11 is 0. The molecule has 0 aromatic heterocycles. The fourth-order valence-corrected chi connectivity index (χ4v) is 2.57. The van der Waals surface area contributed by atoms with Crippen molar-refractivity contribution < 1.29 is 4.74 Å². The van der Waals surface area contributed by atoms with Gasteiger partial charge in [-0.15, -0.1) is 0 Å². The van der Waals surface area contributed by atoms with Gasteiger partial charge in [0.05, 0.1) is 12.2 Å². The second-order valence-corrected chi connectivity index (χ2v) is 5.25. The maximum Gasteiger partial charge on any atom is 0.0953 e. The molecule has 0 amide bonds. The number of aryl methyl sites for hydroxylation is 1. The predicted octanol–water partition coefficient (Wildman–Crippen LogP) is 2.69. The van der Waals surface area contributed by atoms with Gasteiger partial charge in [-0.25, -0.2) is 0 Å². The third-order valence-electron chi connectivity index (χ3n) is 3.92. The molecule has 92 valence electrons. The van der Waals surface area contributed by atoms with Crippen LogP contribution in [-0.2, 0) is 11.2 Å². The van der Waals surface area contributed by atoms with Crippen LogP contribution in [0.5, 0.6) is 0 Å². The molecule has 1 aromatic carbocycles. The Balaban J connectivity index is 1.69. The summed E-state index contributed by atoms with van der Waals surface area (Å²) in [5, 5.41) is 3.51. The monoisotopic (exact) mass is 231 g/mol. The van der Waals surface area contributed by atoms with Gasteiger partial charge < -0.3 is 10.1 Å². The molecular weight excluding hydrogens is 210 g/mol. The predicted molar refractivity (Wildman–Crippen MR) is 69.0 cm³/mol. The molecule has 1 saturated heterocycles. The molecule has 2 fully saturated rings. The molecule has 0 radical (unpaired) electrons. The second kappa shape index (κ2) is 4.79. The van der Waals surface area contributed by atoms with Gasteiger partial charge in [0.2, 0.25) is 0 Å². The van der Waals surface area contributed by atoms with Crippen molar-refractivity contribution in [3.8, 4) is 0 Å². The molecule has 2 aliphatic rings. The van der Waals surface area contributed by atoms with Crippen LogP contribution < -0.4 is 5.32 Å². The van der Waals surface area contributed by atoms with E-state index in [2.05, 4.69) is 36.5 Å². The second-order valence-electron chi connectivity index (χ2n) is 5.25. The minimum atomic E-state index is 0.250. The fraction of sp³-hybridized carbons (Fsp3) is 0.600. The van der Waals surface area contributed by atoms with Crippen molar-refractivity contribution in [1.82, 2.24) is 5.32 Å². The van der Waals surface area contributed by atoms with E-state index in [0.717, 1.165) is 25.4 Å². The molecule has 2 atom stereocenters. The van der Waals surface area contributed by atoms with Crippen LogP contribution in [0, 0.1) is 5.92 Å². The van der Waals surface area contributed by atoms with Crippen molar-refractivity contribution in [2.24, 2.45) is 5.92 Å². The van der Waals surface area contributed by atoms with Gasteiger partial charge in [0, 0.05) is 13.1 Å². The van der Waals surface area contributed by atoms with Gasteiger partial charge in [-0.2, -0.15) is 0 Å². The summed E-state index contributed by atoms with van der Waals surface area (Å²) in [6, 6.07) is 8.89. The highest BCUT2D eigenvalue weighted by Crippen LogP contribution is 2.37. The molecule has 2 heteroatoms. The number of hydrogen-bond donors (Lipinski definition) is 1. The van der Waals surface area contributed by atoms with Crippen LogP contribution in [0.15, 0.2) is 24.3 Å². The number of benzene rings is 1. The lowest BCUT2D eigenvalue weighted by Gasteiger charge is -2.31. The van der Waals surface area contributed by atoms with E-state index in [4.69, 9.17) is 4.74 Å². The summed E-state index contributed by atoms with van der Waals surface area (Å²) in [4.78, 5) is 0. The molecule has 2 nitrogen and oxygen atoms in total. The van der Waals surface area contributed by atoms with Crippen molar-refractivity contribution in [1.29, 1.82) is 0 Å². The summed E-state index contributed by atoms with van der Waals surface area (Å²) in [5.74, 6) is 0.820. The zero-order valence-electron chi connectivity index (χ0n) is 10.5. The molecule has 1 heterocycles.